The molecule has 1 heterocycles. The van der Waals surface area contributed by atoms with E-state index >= 15 is 0 Å². The summed E-state index contributed by atoms with van der Waals surface area (Å²) in [6, 6.07) is 13.0. The number of methoxy groups -OCH3 is 1. The molecule has 2 aromatic carbocycles. The highest BCUT2D eigenvalue weighted by Crippen LogP contribution is 2.30. The second-order valence-corrected chi connectivity index (χ2v) is 8.51. The number of nitriles is 1. The third-order valence-electron chi connectivity index (χ3n) is 5.06. The number of thiophene rings is 1. The van der Waals surface area contributed by atoms with Gasteiger partial charge in [-0.3, -0.25) is 14.9 Å². The van der Waals surface area contributed by atoms with Crippen molar-refractivity contribution in [3.8, 4) is 17.6 Å². The van der Waals surface area contributed by atoms with Crippen molar-refractivity contribution < 1.29 is 28.7 Å². The highest BCUT2D eigenvalue weighted by molar-refractivity contribution is 7.14. The molecule has 3 aromatic rings. The number of nitrogens with one attached hydrogen (secondary N) is 1. The van der Waals surface area contributed by atoms with Crippen molar-refractivity contribution in [1.29, 1.82) is 5.26 Å². The van der Waals surface area contributed by atoms with E-state index in [9.17, 15) is 25.0 Å². The van der Waals surface area contributed by atoms with Gasteiger partial charge in [0.1, 0.15) is 29.0 Å². The Labute approximate surface area is 216 Å². The maximum Gasteiger partial charge on any atom is 0.341 e. The Morgan fingerprint density at radius 1 is 1.19 bits per heavy atom. The molecule has 3 rings (SSSR count). The molecule has 0 aliphatic rings. The molecule has 0 saturated heterocycles. The van der Waals surface area contributed by atoms with Crippen LogP contribution in [0.25, 0.3) is 6.08 Å². The Kier molecular flexibility index (Phi) is 8.96. The lowest BCUT2D eigenvalue weighted by Crippen LogP contribution is -2.15. The van der Waals surface area contributed by atoms with E-state index in [4.69, 9.17) is 14.2 Å². The number of benzene rings is 2. The summed E-state index contributed by atoms with van der Waals surface area (Å²) in [5.74, 6) is -0.703. The summed E-state index contributed by atoms with van der Waals surface area (Å²) in [4.78, 5) is 35.7. The molecule has 1 amide bonds. The summed E-state index contributed by atoms with van der Waals surface area (Å²) in [6.07, 6.45) is 1.38. The van der Waals surface area contributed by atoms with E-state index in [1.165, 1.54) is 31.4 Å². The minimum absolute atomic E-state index is 0.0546. The summed E-state index contributed by atoms with van der Waals surface area (Å²) in [7, 11) is 1.47. The van der Waals surface area contributed by atoms with Crippen LogP contribution >= 0.6 is 11.3 Å². The van der Waals surface area contributed by atoms with Crippen molar-refractivity contribution in [2.24, 2.45) is 0 Å². The van der Waals surface area contributed by atoms with E-state index in [-0.39, 0.29) is 40.8 Å². The number of carbonyl (C=O) groups excluding carboxylic acids is 2. The smallest absolute Gasteiger partial charge is 0.341 e. The average Bonchev–Trinajstić information content (AvgIpc) is 3.34. The summed E-state index contributed by atoms with van der Waals surface area (Å²) in [5, 5.41) is 25.5. The number of ether oxygens (including phenoxy) is 3. The van der Waals surface area contributed by atoms with Crippen LogP contribution in [-0.4, -0.2) is 30.5 Å². The van der Waals surface area contributed by atoms with Gasteiger partial charge in [-0.1, -0.05) is 12.1 Å². The average molecular weight is 522 g/mol. The number of aryl methyl sites for hydroxylation is 1. The molecule has 10 nitrogen and oxygen atoms in total. The first-order chi connectivity index (χ1) is 17.8. The van der Waals surface area contributed by atoms with Gasteiger partial charge in [-0.15, -0.1) is 11.3 Å². The summed E-state index contributed by atoms with van der Waals surface area (Å²) < 4.78 is 16.1. The second kappa shape index (κ2) is 12.3. The first-order valence-corrected chi connectivity index (χ1v) is 11.9. The van der Waals surface area contributed by atoms with E-state index in [1.54, 1.807) is 43.5 Å². The van der Waals surface area contributed by atoms with Crippen LogP contribution < -0.4 is 14.8 Å². The first-order valence-electron chi connectivity index (χ1n) is 11.0. The fourth-order valence-corrected chi connectivity index (χ4v) is 4.08. The first kappa shape index (κ1) is 26.9. The zero-order chi connectivity index (χ0) is 26.9. The van der Waals surface area contributed by atoms with Crippen LogP contribution in [0.1, 0.15) is 34.0 Å². The molecule has 0 fully saturated rings. The standard InChI is InChI=1S/C26H23N3O7S/c1-4-35-26(31)20-9-10-37-25(20)28-24(30)18(14-27)12-17-6-8-22(34-3)19(13-17)15-36-23-7-5-16(2)11-21(23)29(32)33/h5-13H,4,15H2,1-3H3,(H,28,30)/b18-12+. The van der Waals surface area contributed by atoms with Crippen molar-refractivity contribution in [1.82, 2.24) is 0 Å². The van der Waals surface area contributed by atoms with Gasteiger partial charge in [0, 0.05) is 11.6 Å². The molecule has 0 saturated carbocycles. The van der Waals surface area contributed by atoms with Crippen LogP contribution in [-0.2, 0) is 16.1 Å². The lowest BCUT2D eigenvalue weighted by Gasteiger charge is -2.12. The molecule has 190 valence electrons. The number of anilines is 1. The predicted octanol–water partition coefficient (Wildman–Crippen LogP) is 5.27. The summed E-state index contributed by atoms with van der Waals surface area (Å²) >= 11 is 1.13. The van der Waals surface area contributed by atoms with Gasteiger partial charge in [-0.2, -0.15) is 5.26 Å². The Morgan fingerprint density at radius 2 is 1.95 bits per heavy atom. The van der Waals surface area contributed by atoms with Crippen LogP contribution in [0.15, 0.2) is 53.4 Å². The highest BCUT2D eigenvalue weighted by atomic mass is 32.1. The van der Waals surface area contributed by atoms with Gasteiger partial charge in [-0.25, -0.2) is 4.79 Å². The third kappa shape index (κ3) is 6.71. The maximum absolute atomic E-state index is 12.8. The largest absolute Gasteiger partial charge is 0.496 e. The third-order valence-corrected chi connectivity index (χ3v) is 5.89. The molecule has 0 aliphatic heterocycles. The number of carbonyl (C=O) groups is 2. The van der Waals surface area contributed by atoms with E-state index in [1.807, 2.05) is 6.07 Å². The van der Waals surface area contributed by atoms with Gasteiger partial charge in [0.15, 0.2) is 5.75 Å². The van der Waals surface area contributed by atoms with E-state index in [2.05, 4.69) is 5.32 Å². The zero-order valence-corrected chi connectivity index (χ0v) is 21.1. The van der Waals surface area contributed by atoms with Gasteiger partial charge in [0.2, 0.25) is 0 Å². The molecule has 0 unspecified atom stereocenters. The number of hydrogen-bond acceptors (Lipinski definition) is 9. The van der Waals surface area contributed by atoms with Crippen LogP contribution in [0.2, 0.25) is 0 Å². The van der Waals surface area contributed by atoms with Crippen molar-refractivity contribution in [3.05, 3.63) is 85.8 Å². The molecule has 1 N–H and O–H groups in total. The highest BCUT2D eigenvalue weighted by Gasteiger charge is 2.19. The quantitative estimate of drug-likeness (QED) is 0.125. The van der Waals surface area contributed by atoms with Gasteiger partial charge < -0.3 is 19.5 Å². The maximum atomic E-state index is 12.8. The van der Waals surface area contributed by atoms with E-state index < -0.39 is 16.8 Å². The molecule has 37 heavy (non-hydrogen) atoms. The molecule has 11 heteroatoms. The minimum Gasteiger partial charge on any atom is -0.496 e. The molecular weight excluding hydrogens is 498 g/mol. The van der Waals surface area contributed by atoms with Crippen LogP contribution in [0, 0.1) is 28.4 Å². The van der Waals surface area contributed by atoms with Gasteiger partial charge in [-0.05, 0) is 60.7 Å². The molecular formula is C26H23N3O7S. The monoisotopic (exact) mass is 521 g/mol. The molecule has 0 spiro atoms. The summed E-state index contributed by atoms with van der Waals surface area (Å²) in [6.45, 7) is 3.55. The number of nitro groups is 1. The Balaban J connectivity index is 1.83. The normalized spacial score (nSPS) is 10.8. The van der Waals surface area contributed by atoms with E-state index in [0.717, 1.165) is 16.9 Å². The molecule has 0 radical (unpaired) electrons. The molecule has 0 atom stereocenters. The van der Waals surface area contributed by atoms with Crippen LogP contribution in [0.5, 0.6) is 11.5 Å². The number of nitrogens with zero attached hydrogens (tertiary/aromatic N) is 2. The minimum atomic E-state index is -0.695. The van der Waals surface area contributed by atoms with Crippen LogP contribution in [0.4, 0.5) is 10.7 Å². The van der Waals surface area contributed by atoms with Gasteiger partial charge in [0.05, 0.1) is 24.2 Å². The number of esters is 1. The SMILES string of the molecule is CCOC(=O)c1ccsc1NC(=O)/C(C#N)=C/c1ccc(OC)c(COc2ccc(C)cc2[N+](=O)[O-])c1. The van der Waals surface area contributed by atoms with Gasteiger partial charge >= 0.3 is 11.7 Å². The fraction of sp³-hybridized carbons (Fsp3) is 0.192. The van der Waals surface area contributed by atoms with Crippen molar-refractivity contribution in [2.75, 3.05) is 19.0 Å². The lowest BCUT2D eigenvalue weighted by molar-refractivity contribution is -0.386. The Bertz CT molecular complexity index is 1410. The molecule has 0 aliphatic carbocycles. The zero-order valence-electron chi connectivity index (χ0n) is 20.3. The van der Waals surface area contributed by atoms with Crippen molar-refractivity contribution in [2.45, 2.75) is 20.5 Å². The Hall–Kier alpha value is -4.69. The lowest BCUT2D eigenvalue weighted by atomic mass is 10.1. The number of rotatable bonds is 10. The number of nitro benzene ring substituents is 1. The van der Waals surface area contributed by atoms with Crippen molar-refractivity contribution in [3.63, 3.8) is 0 Å². The number of hydrogen-bond donors (Lipinski definition) is 1. The summed E-state index contributed by atoms with van der Waals surface area (Å²) in [5.41, 5.74) is 1.62. The topological polar surface area (TPSA) is 141 Å². The Morgan fingerprint density at radius 3 is 2.62 bits per heavy atom. The molecule has 1 aromatic heterocycles. The second-order valence-electron chi connectivity index (χ2n) is 7.60. The van der Waals surface area contributed by atoms with Crippen molar-refractivity contribution >= 4 is 40.0 Å². The fourth-order valence-electron chi connectivity index (χ4n) is 3.31. The molecule has 0 bridgehead atoms. The number of amides is 1. The van der Waals surface area contributed by atoms with Crippen LogP contribution in [0.3, 0.4) is 0 Å². The predicted molar refractivity (Wildman–Crippen MR) is 138 cm³/mol. The van der Waals surface area contributed by atoms with E-state index in [0.29, 0.717) is 16.9 Å². The van der Waals surface area contributed by atoms with Gasteiger partial charge in [0.25, 0.3) is 5.91 Å².